The summed E-state index contributed by atoms with van der Waals surface area (Å²) in [6.07, 6.45) is 2.41. The van der Waals surface area contributed by atoms with Crippen molar-refractivity contribution in [3.8, 4) is 17.1 Å². The van der Waals surface area contributed by atoms with Gasteiger partial charge in [0, 0.05) is 28.7 Å². The normalized spacial score (nSPS) is 11.0. The van der Waals surface area contributed by atoms with E-state index in [9.17, 15) is 4.79 Å². The number of carbonyl (C=O) groups excluding carboxylic acids is 1. The summed E-state index contributed by atoms with van der Waals surface area (Å²) in [5.41, 5.74) is 4.04. The van der Waals surface area contributed by atoms with E-state index in [2.05, 4.69) is 26.6 Å². The molecule has 5 aromatic rings. The van der Waals surface area contributed by atoms with Crippen LogP contribution in [0.4, 0.5) is 5.13 Å². The maximum Gasteiger partial charge on any atom is 0.236 e. The number of rotatable bonds is 8. The highest BCUT2D eigenvalue weighted by atomic mass is 35.5. The molecule has 0 radical (unpaired) electrons. The summed E-state index contributed by atoms with van der Waals surface area (Å²) in [5, 5.41) is 14.0. The Bertz CT molecular complexity index is 1550. The largest absolute Gasteiger partial charge is 0.301 e. The topological polar surface area (TPSA) is 72.7 Å². The number of aryl methyl sites for hydroxylation is 1. The van der Waals surface area contributed by atoms with Gasteiger partial charge >= 0.3 is 0 Å². The van der Waals surface area contributed by atoms with Crippen molar-refractivity contribution >= 4 is 57.3 Å². The summed E-state index contributed by atoms with van der Waals surface area (Å²) in [7, 11) is 0. The number of anilines is 1. The molecule has 0 spiro atoms. The van der Waals surface area contributed by atoms with Gasteiger partial charge in [-0.2, -0.15) is 0 Å². The summed E-state index contributed by atoms with van der Waals surface area (Å²) in [6, 6.07) is 23.6. The third kappa shape index (κ3) is 6.22. The average molecular weight is 567 g/mol. The van der Waals surface area contributed by atoms with Crippen molar-refractivity contribution in [3.05, 3.63) is 105 Å². The molecule has 2 aromatic heterocycles. The van der Waals surface area contributed by atoms with E-state index in [1.807, 2.05) is 72.2 Å². The van der Waals surface area contributed by atoms with Crippen LogP contribution in [0.5, 0.6) is 0 Å². The van der Waals surface area contributed by atoms with Crippen molar-refractivity contribution in [2.75, 3.05) is 11.1 Å². The van der Waals surface area contributed by atoms with E-state index in [0.717, 1.165) is 33.1 Å². The zero-order valence-corrected chi connectivity index (χ0v) is 22.8. The number of carbonyl (C=O) groups is 1. The second-order valence-electron chi connectivity index (χ2n) is 8.24. The quantitative estimate of drug-likeness (QED) is 0.199. The molecule has 0 saturated carbocycles. The smallest absolute Gasteiger partial charge is 0.236 e. The van der Waals surface area contributed by atoms with Crippen LogP contribution >= 0.6 is 46.3 Å². The lowest BCUT2D eigenvalue weighted by Gasteiger charge is -2.11. The lowest BCUT2D eigenvalue weighted by molar-refractivity contribution is -0.113. The first-order chi connectivity index (χ1) is 18.0. The fourth-order valence-corrected chi connectivity index (χ4v) is 5.66. The van der Waals surface area contributed by atoms with E-state index in [0.29, 0.717) is 26.8 Å². The number of nitrogens with one attached hydrogen (secondary N) is 1. The Balaban J connectivity index is 1.28. The number of hydrogen-bond donors (Lipinski definition) is 1. The number of thiazole rings is 1. The molecule has 0 unspecified atom stereocenters. The van der Waals surface area contributed by atoms with Gasteiger partial charge in [0.2, 0.25) is 5.91 Å². The SMILES string of the molecule is Cc1cccc(-n2c(SCC(=O)Nc3ncc(Cc4ccc(Cl)c(Cl)c4)s3)nnc2-c2ccccc2)c1. The first-order valence-electron chi connectivity index (χ1n) is 11.4. The predicted molar refractivity (Wildman–Crippen MR) is 152 cm³/mol. The molecule has 2 heterocycles. The van der Waals surface area contributed by atoms with Gasteiger partial charge in [0.05, 0.1) is 15.8 Å². The van der Waals surface area contributed by atoms with E-state index in [-0.39, 0.29) is 11.7 Å². The van der Waals surface area contributed by atoms with Gasteiger partial charge in [-0.3, -0.25) is 9.36 Å². The van der Waals surface area contributed by atoms with Crippen LogP contribution in [0.3, 0.4) is 0 Å². The van der Waals surface area contributed by atoms with Crippen molar-refractivity contribution in [1.29, 1.82) is 0 Å². The van der Waals surface area contributed by atoms with Gasteiger partial charge in [0.1, 0.15) is 0 Å². The van der Waals surface area contributed by atoms with Gasteiger partial charge in [-0.25, -0.2) is 4.98 Å². The van der Waals surface area contributed by atoms with Crippen LogP contribution in [0, 0.1) is 6.92 Å². The molecule has 1 N–H and O–H groups in total. The zero-order chi connectivity index (χ0) is 25.8. The lowest BCUT2D eigenvalue weighted by Crippen LogP contribution is -2.14. The van der Waals surface area contributed by atoms with E-state index in [4.69, 9.17) is 23.2 Å². The summed E-state index contributed by atoms with van der Waals surface area (Å²) >= 11 is 14.9. The van der Waals surface area contributed by atoms with Crippen LogP contribution in [0.15, 0.2) is 84.1 Å². The first-order valence-corrected chi connectivity index (χ1v) is 13.9. The molecule has 10 heteroatoms. The third-order valence-corrected chi connectivity index (χ3v) is 8.00. The van der Waals surface area contributed by atoms with Gasteiger partial charge in [-0.15, -0.1) is 21.5 Å². The number of aromatic nitrogens is 4. The Kier molecular flexibility index (Phi) is 7.90. The molecule has 3 aromatic carbocycles. The predicted octanol–water partition coefficient (Wildman–Crippen LogP) is 7.33. The standard InChI is InChI=1S/C27H21Cl2N5OS2/c1-17-6-5-9-20(12-17)34-25(19-7-3-2-4-8-19)32-33-27(34)36-16-24(35)31-26-30-15-21(37-26)13-18-10-11-22(28)23(29)14-18/h2-12,14-15H,13,16H2,1H3,(H,30,31,35). The lowest BCUT2D eigenvalue weighted by atomic mass is 10.1. The van der Waals surface area contributed by atoms with Crippen LogP contribution in [0.2, 0.25) is 10.0 Å². The highest BCUT2D eigenvalue weighted by Gasteiger charge is 2.18. The number of thioether (sulfide) groups is 1. The minimum Gasteiger partial charge on any atom is -0.301 e. The van der Waals surface area contributed by atoms with Gasteiger partial charge in [0.15, 0.2) is 16.1 Å². The third-order valence-electron chi connectivity index (χ3n) is 5.42. The summed E-state index contributed by atoms with van der Waals surface area (Å²) in [5.74, 6) is 0.724. The Hall–Kier alpha value is -3.17. The van der Waals surface area contributed by atoms with E-state index >= 15 is 0 Å². The van der Waals surface area contributed by atoms with Gasteiger partial charge in [0.25, 0.3) is 0 Å². The summed E-state index contributed by atoms with van der Waals surface area (Å²) in [6.45, 7) is 2.04. The molecule has 0 bridgehead atoms. The monoisotopic (exact) mass is 565 g/mol. The number of nitrogens with zero attached hydrogens (tertiary/aromatic N) is 4. The molecule has 5 rings (SSSR count). The van der Waals surface area contributed by atoms with Crippen molar-refractivity contribution < 1.29 is 4.79 Å². The second-order valence-corrected chi connectivity index (χ2v) is 11.1. The molecule has 0 aliphatic rings. The Labute approximate surface area is 232 Å². The molecular formula is C27H21Cl2N5OS2. The number of amides is 1. The van der Waals surface area contributed by atoms with Crippen LogP contribution in [0.1, 0.15) is 16.0 Å². The van der Waals surface area contributed by atoms with Gasteiger partial charge in [-0.1, -0.05) is 83.5 Å². The Morgan fingerprint density at radius 2 is 1.84 bits per heavy atom. The fourth-order valence-electron chi connectivity index (χ4n) is 3.72. The zero-order valence-electron chi connectivity index (χ0n) is 19.7. The fraction of sp³-hybridized carbons (Fsp3) is 0.111. The van der Waals surface area contributed by atoms with Crippen molar-refractivity contribution in [2.45, 2.75) is 18.5 Å². The molecule has 0 aliphatic heterocycles. The molecule has 6 nitrogen and oxygen atoms in total. The van der Waals surface area contributed by atoms with E-state index in [1.165, 1.54) is 23.1 Å². The molecule has 0 aliphatic carbocycles. The van der Waals surface area contributed by atoms with Crippen LogP contribution < -0.4 is 5.32 Å². The molecule has 37 heavy (non-hydrogen) atoms. The summed E-state index contributed by atoms with van der Waals surface area (Å²) < 4.78 is 1.99. The maximum atomic E-state index is 12.8. The Morgan fingerprint density at radius 1 is 1.00 bits per heavy atom. The van der Waals surface area contributed by atoms with Crippen LogP contribution in [-0.4, -0.2) is 31.4 Å². The second kappa shape index (κ2) is 11.5. The molecular weight excluding hydrogens is 545 g/mol. The van der Waals surface area contributed by atoms with Gasteiger partial charge < -0.3 is 5.32 Å². The van der Waals surface area contributed by atoms with E-state index < -0.39 is 0 Å². The minimum absolute atomic E-state index is 0.166. The number of hydrogen-bond acceptors (Lipinski definition) is 6. The van der Waals surface area contributed by atoms with Crippen molar-refractivity contribution in [3.63, 3.8) is 0 Å². The molecule has 186 valence electrons. The number of halogens is 2. The minimum atomic E-state index is -0.166. The average Bonchev–Trinajstić information content (AvgIpc) is 3.52. The molecule has 0 fully saturated rings. The maximum absolute atomic E-state index is 12.8. The van der Waals surface area contributed by atoms with Gasteiger partial charge in [-0.05, 0) is 42.3 Å². The highest BCUT2D eigenvalue weighted by Crippen LogP contribution is 2.29. The van der Waals surface area contributed by atoms with Crippen molar-refractivity contribution in [1.82, 2.24) is 19.7 Å². The highest BCUT2D eigenvalue weighted by molar-refractivity contribution is 7.99. The number of benzene rings is 3. The summed E-state index contributed by atoms with van der Waals surface area (Å²) in [4.78, 5) is 18.1. The molecule has 0 saturated heterocycles. The molecule has 1 amide bonds. The Morgan fingerprint density at radius 3 is 2.62 bits per heavy atom. The van der Waals surface area contributed by atoms with Crippen LogP contribution in [-0.2, 0) is 11.2 Å². The van der Waals surface area contributed by atoms with E-state index in [1.54, 1.807) is 12.3 Å². The van der Waals surface area contributed by atoms with Crippen molar-refractivity contribution in [2.24, 2.45) is 0 Å². The van der Waals surface area contributed by atoms with Crippen LogP contribution in [0.25, 0.3) is 17.1 Å². The first kappa shape index (κ1) is 25.5. The molecule has 0 atom stereocenters.